The number of nitrogens with two attached hydrogens (primary N) is 1. The molecule has 0 saturated heterocycles. The molecule has 0 atom stereocenters. The van der Waals surface area contributed by atoms with Gasteiger partial charge in [-0.2, -0.15) is 5.26 Å². The molecule has 17 heavy (non-hydrogen) atoms. The predicted molar refractivity (Wildman–Crippen MR) is 72.0 cm³/mol. The number of rotatable bonds is 4. The van der Waals surface area contributed by atoms with E-state index in [1.165, 1.54) is 30.6 Å². The molecule has 0 bridgehead atoms. The number of nitrogens with zero attached hydrogens (tertiary/aromatic N) is 2. The van der Waals surface area contributed by atoms with Crippen molar-refractivity contribution in [1.82, 2.24) is 4.98 Å². The Morgan fingerprint density at radius 2 is 2.24 bits per heavy atom. The third-order valence-electron chi connectivity index (χ3n) is 2.79. The first-order valence-corrected chi connectivity index (χ1v) is 6.66. The van der Waals surface area contributed by atoms with Crippen LogP contribution in [0.3, 0.4) is 0 Å². The molecule has 3 nitrogen and oxygen atoms in total. The SMILES string of the molecule is CCCCCc1ccc2c(N)c(C#N)sc2n1. The lowest BCUT2D eigenvalue weighted by molar-refractivity contribution is 0.709. The first-order valence-electron chi connectivity index (χ1n) is 5.84. The zero-order valence-corrected chi connectivity index (χ0v) is 10.7. The van der Waals surface area contributed by atoms with Gasteiger partial charge in [-0.05, 0) is 25.0 Å². The molecule has 0 aliphatic rings. The summed E-state index contributed by atoms with van der Waals surface area (Å²) in [5, 5.41) is 9.82. The number of nitriles is 1. The number of aromatic nitrogens is 1. The van der Waals surface area contributed by atoms with Crippen molar-refractivity contribution in [2.75, 3.05) is 5.73 Å². The second kappa shape index (κ2) is 5.15. The number of nitrogen functional groups attached to an aromatic ring is 1. The van der Waals surface area contributed by atoms with E-state index in [-0.39, 0.29) is 0 Å². The van der Waals surface area contributed by atoms with E-state index in [1.54, 1.807) is 0 Å². The van der Waals surface area contributed by atoms with Crippen LogP contribution < -0.4 is 5.73 Å². The van der Waals surface area contributed by atoms with E-state index >= 15 is 0 Å². The summed E-state index contributed by atoms with van der Waals surface area (Å²) in [5.41, 5.74) is 7.53. The van der Waals surface area contributed by atoms with Gasteiger partial charge in [0.15, 0.2) is 0 Å². The Balaban J connectivity index is 2.29. The average Bonchev–Trinajstić information content (AvgIpc) is 2.66. The fourth-order valence-corrected chi connectivity index (χ4v) is 2.72. The minimum absolute atomic E-state index is 0.568. The molecular formula is C13H15N3S. The number of thiophene rings is 1. The van der Waals surface area contributed by atoms with E-state index < -0.39 is 0 Å². The molecule has 0 spiro atoms. The lowest BCUT2D eigenvalue weighted by atomic mass is 10.1. The number of hydrogen-bond donors (Lipinski definition) is 1. The molecule has 2 heterocycles. The summed E-state index contributed by atoms with van der Waals surface area (Å²) in [6, 6.07) is 6.11. The Bertz CT molecular complexity index is 566. The molecular weight excluding hydrogens is 230 g/mol. The highest BCUT2D eigenvalue weighted by Crippen LogP contribution is 2.31. The summed E-state index contributed by atoms with van der Waals surface area (Å²) >= 11 is 1.38. The van der Waals surface area contributed by atoms with Gasteiger partial charge in [0.25, 0.3) is 0 Å². The van der Waals surface area contributed by atoms with E-state index in [0.717, 1.165) is 22.3 Å². The average molecular weight is 245 g/mol. The molecule has 0 fully saturated rings. The highest BCUT2D eigenvalue weighted by molar-refractivity contribution is 7.19. The van der Waals surface area contributed by atoms with Gasteiger partial charge in [-0.15, -0.1) is 11.3 Å². The first kappa shape index (κ1) is 11.9. The van der Waals surface area contributed by atoms with Gasteiger partial charge in [-0.25, -0.2) is 4.98 Å². The van der Waals surface area contributed by atoms with Crippen molar-refractivity contribution in [1.29, 1.82) is 5.26 Å². The third-order valence-corrected chi connectivity index (χ3v) is 3.81. The Labute approximate surface area is 105 Å². The molecule has 2 rings (SSSR count). The van der Waals surface area contributed by atoms with E-state index in [1.807, 2.05) is 12.1 Å². The normalized spacial score (nSPS) is 10.6. The van der Waals surface area contributed by atoms with Crippen LogP contribution in [0.5, 0.6) is 0 Å². The lowest BCUT2D eigenvalue weighted by Gasteiger charge is -1.99. The van der Waals surface area contributed by atoms with Crippen LogP contribution in [0.25, 0.3) is 10.2 Å². The highest BCUT2D eigenvalue weighted by Gasteiger charge is 2.10. The first-order chi connectivity index (χ1) is 8.26. The zero-order chi connectivity index (χ0) is 12.3. The van der Waals surface area contributed by atoms with Crippen molar-refractivity contribution < 1.29 is 0 Å². The molecule has 4 heteroatoms. The van der Waals surface area contributed by atoms with Gasteiger partial charge < -0.3 is 5.73 Å². The van der Waals surface area contributed by atoms with Crippen molar-refractivity contribution in [2.45, 2.75) is 32.6 Å². The molecule has 2 aromatic heterocycles. The molecule has 0 amide bonds. The largest absolute Gasteiger partial charge is 0.396 e. The summed E-state index contributed by atoms with van der Waals surface area (Å²) in [6.45, 7) is 2.19. The van der Waals surface area contributed by atoms with Gasteiger partial charge in [-0.1, -0.05) is 19.8 Å². The maximum atomic E-state index is 8.91. The van der Waals surface area contributed by atoms with Crippen LogP contribution in [0, 0.1) is 11.3 Å². The molecule has 0 radical (unpaired) electrons. The van der Waals surface area contributed by atoms with Crippen molar-refractivity contribution >= 4 is 27.2 Å². The molecule has 0 aliphatic carbocycles. The van der Waals surface area contributed by atoms with E-state index in [9.17, 15) is 0 Å². The van der Waals surface area contributed by atoms with E-state index in [0.29, 0.717) is 10.6 Å². The van der Waals surface area contributed by atoms with Gasteiger partial charge >= 0.3 is 0 Å². The summed E-state index contributed by atoms with van der Waals surface area (Å²) in [5.74, 6) is 0. The number of unbranched alkanes of at least 4 members (excludes halogenated alkanes) is 2. The molecule has 0 unspecified atom stereocenters. The number of hydrogen-bond acceptors (Lipinski definition) is 4. The van der Waals surface area contributed by atoms with Gasteiger partial charge in [0.1, 0.15) is 15.8 Å². The van der Waals surface area contributed by atoms with Gasteiger partial charge in [0.2, 0.25) is 0 Å². The summed E-state index contributed by atoms with van der Waals surface area (Å²) in [6.07, 6.45) is 4.62. The summed E-state index contributed by atoms with van der Waals surface area (Å²) < 4.78 is 0. The second-order valence-electron chi connectivity index (χ2n) is 4.07. The van der Waals surface area contributed by atoms with Gasteiger partial charge in [-0.3, -0.25) is 0 Å². The van der Waals surface area contributed by atoms with Crippen LogP contribution in [-0.2, 0) is 6.42 Å². The fourth-order valence-electron chi connectivity index (χ4n) is 1.81. The van der Waals surface area contributed by atoms with Crippen molar-refractivity contribution in [3.63, 3.8) is 0 Å². The quantitative estimate of drug-likeness (QED) is 0.839. The number of aryl methyl sites for hydroxylation is 1. The fraction of sp³-hybridized carbons (Fsp3) is 0.385. The van der Waals surface area contributed by atoms with Crippen LogP contribution in [0.2, 0.25) is 0 Å². The summed E-state index contributed by atoms with van der Waals surface area (Å²) in [4.78, 5) is 6.01. The van der Waals surface area contributed by atoms with Gasteiger partial charge in [0.05, 0.1) is 5.69 Å². The smallest absolute Gasteiger partial charge is 0.130 e. The summed E-state index contributed by atoms with van der Waals surface area (Å²) in [7, 11) is 0. The topological polar surface area (TPSA) is 62.7 Å². The van der Waals surface area contributed by atoms with Crippen LogP contribution >= 0.6 is 11.3 Å². The Morgan fingerprint density at radius 1 is 1.41 bits per heavy atom. The molecule has 0 saturated carbocycles. The molecule has 88 valence electrons. The molecule has 2 N–H and O–H groups in total. The number of anilines is 1. The van der Waals surface area contributed by atoms with Crippen LogP contribution in [0.15, 0.2) is 12.1 Å². The van der Waals surface area contributed by atoms with E-state index in [4.69, 9.17) is 11.0 Å². The van der Waals surface area contributed by atoms with E-state index in [2.05, 4.69) is 18.0 Å². The second-order valence-corrected chi connectivity index (χ2v) is 5.07. The van der Waals surface area contributed by atoms with Crippen molar-refractivity contribution in [3.8, 4) is 6.07 Å². The number of fused-ring (bicyclic) bond motifs is 1. The lowest BCUT2D eigenvalue weighted by Crippen LogP contribution is -1.90. The highest BCUT2D eigenvalue weighted by atomic mass is 32.1. The Morgan fingerprint density at radius 3 is 2.94 bits per heavy atom. The minimum atomic E-state index is 0.568. The maximum absolute atomic E-state index is 8.91. The Kier molecular flexibility index (Phi) is 3.60. The van der Waals surface area contributed by atoms with Crippen molar-refractivity contribution in [3.05, 3.63) is 22.7 Å². The predicted octanol–water partition coefficient (Wildman–Crippen LogP) is 3.48. The van der Waals surface area contributed by atoms with Crippen LogP contribution in [-0.4, -0.2) is 4.98 Å². The van der Waals surface area contributed by atoms with Crippen LogP contribution in [0.4, 0.5) is 5.69 Å². The van der Waals surface area contributed by atoms with Crippen molar-refractivity contribution in [2.24, 2.45) is 0 Å². The standard InChI is InChI=1S/C13H15N3S/c1-2-3-4-5-9-6-7-10-12(15)11(8-14)17-13(10)16-9/h6-7H,2-5,15H2,1H3. The minimum Gasteiger partial charge on any atom is -0.396 e. The molecule has 0 aromatic carbocycles. The monoisotopic (exact) mass is 245 g/mol. The number of pyridine rings is 1. The Hall–Kier alpha value is -1.60. The maximum Gasteiger partial charge on any atom is 0.130 e. The van der Waals surface area contributed by atoms with Gasteiger partial charge in [0, 0.05) is 11.1 Å². The van der Waals surface area contributed by atoms with Crippen LogP contribution in [0.1, 0.15) is 36.8 Å². The molecule has 0 aliphatic heterocycles. The third kappa shape index (κ3) is 2.40. The zero-order valence-electron chi connectivity index (χ0n) is 9.86. The molecule has 2 aromatic rings.